The summed E-state index contributed by atoms with van der Waals surface area (Å²) in [7, 11) is 2.97. The van der Waals surface area contributed by atoms with Crippen molar-refractivity contribution in [1.82, 2.24) is 9.80 Å². The van der Waals surface area contributed by atoms with Crippen molar-refractivity contribution in [3.8, 4) is 11.5 Å². The van der Waals surface area contributed by atoms with Gasteiger partial charge in [0.2, 0.25) is 5.91 Å². The molecule has 3 amide bonds. The highest BCUT2D eigenvalue weighted by atomic mass is 19.3. The molecule has 1 unspecified atom stereocenters. The molecule has 1 heterocycles. The summed E-state index contributed by atoms with van der Waals surface area (Å²) < 4.78 is 59.9. The lowest BCUT2D eigenvalue weighted by Gasteiger charge is -2.29. The first-order chi connectivity index (χ1) is 18.0. The maximum absolute atomic E-state index is 13.3. The summed E-state index contributed by atoms with van der Waals surface area (Å²) in [5, 5.41) is 11.2. The normalized spacial score (nSPS) is 14.4. The van der Waals surface area contributed by atoms with Gasteiger partial charge in [0.05, 0.1) is 23.7 Å². The van der Waals surface area contributed by atoms with Gasteiger partial charge in [-0.3, -0.25) is 14.9 Å². The van der Waals surface area contributed by atoms with Gasteiger partial charge in [0.1, 0.15) is 0 Å². The quantitative estimate of drug-likeness (QED) is 0.416. The van der Waals surface area contributed by atoms with E-state index < -0.39 is 48.7 Å². The molecular formula is C25H27F4N3O6. The second-order valence-corrected chi connectivity index (χ2v) is 8.73. The largest absolute Gasteiger partial charge is 0.465 e. The highest BCUT2D eigenvalue weighted by molar-refractivity contribution is 6.06. The van der Waals surface area contributed by atoms with Crippen LogP contribution in [0.4, 0.5) is 28.0 Å². The van der Waals surface area contributed by atoms with Gasteiger partial charge in [0.15, 0.2) is 11.5 Å². The van der Waals surface area contributed by atoms with E-state index in [4.69, 9.17) is 5.11 Å². The summed E-state index contributed by atoms with van der Waals surface area (Å²) in [5.41, 5.74) is 0.748. The number of amides is 3. The summed E-state index contributed by atoms with van der Waals surface area (Å²) >= 11 is 0. The molecule has 2 aromatic carbocycles. The molecule has 9 nitrogen and oxygen atoms in total. The van der Waals surface area contributed by atoms with Gasteiger partial charge in [-0.15, -0.1) is 0 Å². The monoisotopic (exact) mass is 541 g/mol. The van der Waals surface area contributed by atoms with Crippen LogP contribution in [0.25, 0.3) is 0 Å². The second-order valence-electron chi connectivity index (χ2n) is 8.73. The Kier molecular flexibility index (Phi) is 9.37. The minimum atomic E-state index is -3.35. The SMILES string of the molecule is C1CC1.CN(C)C(=O)CC(c1ccc(OC(F)F)c(OC(F)F)c1)N1Cc2cccc(NC(=O)O)c2C1=O. The molecule has 0 aromatic heterocycles. The van der Waals surface area contributed by atoms with Crippen LogP contribution in [0.3, 0.4) is 0 Å². The number of nitrogens with one attached hydrogen (secondary N) is 1. The zero-order valence-corrected chi connectivity index (χ0v) is 20.6. The number of carboxylic acid groups (broad SMARTS) is 1. The Morgan fingerprint density at radius 2 is 1.66 bits per heavy atom. The Hall–Kier alpha value is -4.03. The molecule has 1 aliphatic heterocycles. The van der Waals surface area contributed by atoms with E-state index in [1.54, 1.807) is 12.1 Å². The van der Waals surface area contributed by atoms with Crippen LogP contribution in [-0.2, 0) is 11.3 Å². The molecule has 206 valence electrons. The van der Waals surface area contributed by atoms with Crippen molar-refractivity contribution in [3.05, 3.63) is 53.1 Å². The van der Waals surface area contributed by atoms with Gasteiger partial charge < -0.3 is 24.4 Å². The first-order valence-corrected chi connectivity index (χ1v) is 11.6. The number of carbonyl (C=O) groups excluding carboxylic acids is 2. The van der Waals surface area contributed by atoms with E-state index in [0.29, 0.717) is 5.56 Å². The molecule has 1 atom stereocenters. The number of hydrogen-bond donors (Lipinski definition) is 2. The average Bonchev–Trinajstić information content (AvgIpc) is 3.67. The predicted molar refractivity (Wildman–Crippen MR) is 128 cm³/mol. The maximum Gasteiger partial charge on any atom is 0.409 e. The van der Waals surface area contributed by atoms with Crippen molar-refractivity contribution in [2.75, 3.05) is 19.4 Å². The molecule has 0 spiro atoms. The molecule has 1 saturated carbocycles. The van der Waals surface area contributed by atoms with Crippen LogP contribution < -0.4 is 14.8 Å². The fourth-order valence-electron chi connectivity index (χ4n) is 3.72. The minimum Gasteiger partial charge on any atom is -0.465 e. The van der Waals surface area contributed by atoms with Crippen LogP contribution in [0, 0.1) is 0 Å². The number of rotatable bonds is 9. The predicted octanol–water partition coefficient (Wildman–Crippen LogP) is 5.33. The van der Waals surface area contributed by atoms with Crippen molar-refractivity contribution in [3.63, 3.8) is 0 Å². The Morgan fingerprint density at radius 1 is 1.03 bits per heavy atom. The summed E-state index contributed by atoms with van der Waals surface area (Å²) in [6.07, 6.45) is 2.84. The van der Waals surface area contributed by atoms with Crippen LogP contribution in [0.5, 0.6) is 11.5 Å². The van der Waals surface area contributed by atoms with E-state index in [1.807, 2.05) is 0 Å². The van der Waals surface area contributed by atoms with Crippen LogP contribution >= 0.6 is 0 Å². The molecule has 0 radical (unpaired) electrons. The molecule has 2 aliphatic rings. The second kappa shape index (κ2) is 12.5. The lowest BCUT2D eigenvalue weighted by Crippen LogP contribution is -2.34. The number of halogens is 4. The van der Waals surface area contributed by atoms with E-state index >= 15 is 0 Å². The van der Waals surface area contributed by atoms with Gasteiger partial charge in [-0.25, -0.2) is 4.79 Å². The van der Waals surface area contributed by atoms with Crippen LogP contribution in [0.1, 0.15) is 53.2 Å². The van der Waals surface area contributed by atoms with Crippen LogP contribution in [-0.4, -0.2) is 60.1 Å². The number of benzene rings is 2. The molecule has 0 bridgehead atoms. The Morgan fingerprint density at radius 3 is 2.21 bits per heavy atom. The lowest BCUT2D eigenvalue weighted by atomic mass is 10.0. The van der Waals surface area contributed by atoms with Gasteiger partial charge in [0, 0.05) is 20.6 Å². The number of fused-ring (bicyclic) bond motifs is 1. The molecule has 0 saturated heterocycles. The topological polar surface area (TPSA) is 108 Å². The van der Waals surface area contributed by atoms with Crippen molar-refractivity contribution in [2.24, 2.45) is 0 Å². The highest BCUT2D eigenvalue weighted by Gasteiger charge is 2.37. The highest BCUT2D eigenvalue weighted by Crippen LogP contribution is 2.40. The van der Waals surface area contributed by atoms with Gasteiger partial charge in [-0.2, -0.15) is 17.6 Å². The van der Waals surface area contributed by atoms with Crippen molar-refractivity contribution < 1.29 is 46.5 Å². The van der Waals surface area contributed by atoms with Crippen LogP contribution in [0.15, 0.2) is 36.4 Å². The molecule has 1 fully saturated rings. The number of hydrogen-bond acceptors (Lipinski definition) is 5. The van der Waals surface area contributed by atoms with E-state index in [2.05, 4.69) is 14.8 Å². The number of alkyl halides is 4. The fourth-order valence-corrected chi connectivity index (χ4v) is 3.72. The first kappa shape index (κ1) is 28.5. The van der Waals surface area contributed by atoms with E-state index in [0.717, 1.165) is 12.1 Å². The molecular weight excluding hydrogens is 514 g/mol. The molecule has 38 heavy (non-hydrogen) atoms. The Balaban J connectivity index is 0.00000124. The van der Waals surface area contributed by atoms with Gasteiger partial charge in [-0.1, -0.05) is 37.5 Å². The third-order valence-electron chi connectivity index (χ3n) is 5.59. The first-order valence-electron chi connectivity index (χ1n) is 11.6. The minimum absolute atomic E-state index is 0.0188. The average molecular weight is 541 g/mol. The zero-order chi connectivity index (χ0) is 28.0. The van der Waals surface area contributed by atoms with Gasteiger partial charge >= 0.3 is 19.3 Å². The number of carbonyl (C=O) groups is 3. The Bertz CT molecular complexity index is 1170. The van der Waals surface area contributed by atoms with Crippen molar-refractivity contribution in [2.45, 2.75) is 51.5 Å². The number of ether oxygens (including phenoxy) is 2. The van der Waals surface area contributed by atoms with Crippen molar-refractivity contribution >= 4 is 23.6 Å². The number of anilines is 1. The zero-order valence-electron chi connectivity index (χ0n) is 20.6. The third kappa shape index (κ3) is 7.49. The molecule has 2 N–H and O–H groups in total. The summed E-state index contributed by atoms with van der Waals surface area (Å²) in [6.45, 7) is -6.68. The van der Waals surface area contributed by atoms with E-state index in [9.17, 15) is 31.9 Å². The summed E-state index contributed by atoms with van der Waals surface area (Å²) in [6, 6.07) is 6.78. The lowest BCUT2D eigenvalue weighted by molar-refractivity contribution is -0.129. The molecule has 4 rings (SSSR count). The molecule has 13 heteroatoms. The smallest absolute Gasteiger partial charge is 0.409 e. The molecule has 2 aromatic rings. The fraction of sp³-hybridized carbons (Fsp3) is 0.400. The van der Waals surface area contributed by atoms with Crippen LogP contribution in [0.2, 0.25) is 0 Å². The van der Waals surface area contributed by atoms with E-state index in [-0.39, 0.29) is 29.8 Å². The molecule has 1 aliphatic carbocycles. The number of nitrogens with zero attached hydrogens (tertiary/aromatic N) is 2. The maximum atomic E-state index is 13.3. The van der Waals surface area contributed by atoms with E-state index in [1.165, 1.54) is 55.3 Å². The summed E-state index contributed by atoms with van der Waals surface area (Å²) in [4.78, 5) is 39.6. The third-order valence-corrected chi connectivity index (χ3v) is 5.59. The Labute approximate surface area is 215 Å². The van der Waals surface area contributed by atoms with Crippen molar-refractivity contribution in [1.29, 1.82) is 0 Å². The standard InChI is InChI=1S/C22H21F4N3O6.C3H6/c1-28(2)17(30)9-14(11-6-7-15(34-20(23)24)16(8-11)35-21(25)26)29-10-12-4-3-5-13(27-22(32)33)18(12)19(29)31;1-2-3-1/h3-8,14,20-21,27H,9-10H2,1-2H3,(H,32,33);1-3H2. The summed E-state index contributed by atoms with van der Waals surface area (Å²) in [5.74, 6) is -2.36. The van der Waals surface area contributed by atoms with Gasteiger partial charge in [-0.05, 0) is 29.3 Å². The van der Waals surface area contributed by atoms with Gasteiger partial charge in [0.25, 0.3) is 5.91 Å².